The Labute approximate surface area is 180 Å². The van der Waals surface area contributed by atoms with E-state index in [-0.39, 0.29) is 5.82 Å². The van der Waals surface area contributed by atoms with Crippen LogP contribution in [-0.4, -0.2) is 4.98 Å². The average molecular weight is 398 g/mol. The fraction of sp³-hybridized carbons (Fsp3) is 0.0741. The smallest absolute Gasteiger partial charge is 0.142 e. The summed E-state index contributed by atoms with van der Waals surface area (Å²) in [5.41, 5.74) is 11.9. The summed E-state index contributed by atoms with van der Waals surface area (Å²) >= 11 is 0. The fourth-order valence-corrected chi connectivity index (χ4v) is 4.54. The lowest BCUT2D eigenvalue weighted by Crippen LogP contribution is -2.03. The molecule has 0 aliphatic heterocycles. The fourth-order valence-electron chi connectivity index (χ4n) is 4.54. The minimum atomic E-state index is 0.163. The Morgan fingerprint density at radius 3 is 2.10 bits per heavy atom. The Hall–Kier alpha value is -4.41. The van der Waals surface area contributed by atoms with E-state index in [1.54, 1.807) is 0 Å². The van der Waals surface area contributed by atoms with Gasteiger partial charge in [0.25, 0.3) is 0 Å². The summed E-state index contributed by atoms with van der Waals surface area (Å²) in [5.74, 6) is 0.163. The lowest BCUT2D eigenvalue weighted by molar-refractivity contribution is 1.22. The van der Waals surface area contributed by atoms with Crippen LogP contribution in [0.2, 0.25) is 0 Å². The molecule has 4 heteroatoms. The molecule has 3 aromatic carbocycles. The Bertz CT molecular complexity index is 1520. The van der Waals surface area contributed by atoms with Crippen LogP contribution in [0.25, 0.3) is 38.8 Å². The zero-order chi connectivity index (χ0) is 21.7. The summed E-state index contributed by atoms with van der Waals surface area (Å²) in [6, 6.07) is 23.2. The van der Waals surface area contributed by atoms with Crippen molar-refractivity contribution in [2.24, 2.45) is 0 Å². The molecule has 0 amide bonds. The van der Waals surface area contributed by atoms with Gasteiger partial charge in [0, 0.05) is 5.56 Å². The van der Waals surface area contributed by atoms with Gasteiger partial charge in [-0.3, -0.25) is 0 Å². The second-order valence-corrected chi connectivity index (χ2v) is 7.73. The third-order valence-corrected chi connectivity index (χ3v) is 6.09. The van der Waals surface area contributed by atoms with Gasteiger partial charge in [-0.1, -0.05) is 48.5 Å². The van der Waals surface area contributed by atoms with Crippen LogP contribution < -0.4 is 5.73 Å². The number of nitrogens with two attached hydrogens (primary N) is 1. The number of anilines is 1. The van der Waals surface area contributed by atoms with Gasteiger partial charge in [-0.2, -0.15) is 10.5 Å². The second-order valence-electron chi connectivity index (χ2n) is 7.73. The summed E-state index contributed by atoms with van der Waals surface area (Å²) in [5, 5.41) is 24.0. The largest absolute Gasteiger partial charge is 0.383 e. The number of fused-ring (bicyclic) bond motifs is 3. The van der Waals surface area contributed by atoms with Crippen molar-refractivity contribution in [3.05, 3.63) is 88.1 Å². The predicted octanol–water partition coefficient (Wildman–Crippen LogP) is 6.00. The molecule has 1 aliphatic rings. The number of benzene rings is 3. The van der Waals surface area contributed by atoms with Crippen molar-refractivity contribution in [1.82, 2.24) is 4.98 Å². The zero-order valence-electron chi connectivity index (χ0n) is 17.2. The average Bonchev–Trinajstić information content (AvgIpc) is 3.04. The molecule has 0 spiro atoms. The van der Waals surface area contributed by atoms with Crippen molar-refractivity contribution in [3.63, 3.8) is 0 Å². The maximum Gasteiger partial charge on any atom is 0.142 e. The number of hydrogen-bond donors (Lipinski definition) is 1. The second kappa shape index (κ2) is 6.83. The normalized spacial score (nSPS) is 14.1. The Morgan fingerprint density at radius 1 is 0.903 bits per heavy atom. The van der Waals surface area contributed by atoms with Crippen LogP contribution in [0.3, 0.4) is 0 Å². The molecule has 0 unspecified atom stereocenters. The monoisotopic (exact) mass is 398 g/mol. The number of nitriles is 2. The van der Waals surface area contributed by atoms with Crippen molar-refractivity contribution in [2.45, 2.75) is 13.8 Å². The van der Waals surface area contributed by atoms with Crippen LogP contribution in [0.15, 0.2) is 60.2 Å². The predicted molar refractivity (Wildman–Crippen MR) is 126 cm³/mol. The molecule has 0 fully saturated rings. The zero-order valence-corrected chi connectivity index (χ0v) is 17.2. The van der Waals surface area contributed by atoms with E-state index >= 15 is 0 Å². The van der Waals surface area contributed by atoms with Crippen LogP contribution in [0, 0.1) is 29.6 Å². The van der Waals surface area contributed by atoms with Gasteiger partial charge in [0.15, 0.2) is 0 Å². The Balaban J connectivity index is 1.93. The molecule has 0 radical (unpaired) electrons. The topological polar surface area (TPSA) is 86.5 Å². The van der Waals surface area contributed by atoms with Crippen molar-refractivity contribution in [1.29, 1.82) is 10.5 Å². The van der Waals surface area contributed by atoms with E-state index in [0.29, 0.717) is 16.8 Å². The van der Waals surface area contributed by atoms with E-state index in [1.165, 1.54) is 0 Å². The molecule has 0 atom stereocenters. The number of hydrogen-bond acceptors (Lipinski definition) is 4. The lowest BCUT2D eigenvalue weighted by atomic mass is 9.91. The number of rotatable bonds is 1. The molecule has 4 nitrogen and oxygen atoms in total. The van der Waals surface area contributed by atoms with Crippen LogP contribution in [0.1, 0.15) is 34.9 Å². The third-order valence-electron chi connectivity index (χ3n) is 6.09. The first-order chi connectivity index (χ1) is 15.0. The van der Waals surface area contributed by atoms with E-state index in [9.17, 15) is 10.5 Å². The van der Waals surface area contributed by atoms with Gasteiger partial charge in [0.1, 0.15) is 18.0 Å². The van der Waals surface area contributed by atoms with E-state index < -0.39 is 0 Å². The van der Waals surface area contributed by atoms with Gasteiger partial charge in [-0.05, 0) is 69.8 Å². The van der Waals surface area contributed by atoms with Gasteiger partial charge in [-0.15, -0.1) is 0 Å². The highest BCUT2D eigenvalue weighted by Crippen LogP contribution is 2.45. The lowest BCUT2D eigenvalue weighted by Gasteiger charge is -2.13. The Morgan fingerprint density at radius 2 is 1.52 bits per heavy atom. The summed E-state index contributed by atoms with van der Waals surface area (Å²) in [6.07, 6.45) is 2.13. The summed E-state index contributed by atoms with van der Waals surface area (Å²) in [6.45, 7) is 3.80. The van der Waals surface area contributed by atoms with Gasteiger partial charge in [0.05, 0.1) is 16.8 Å². The first-order valence-corrected chi connectivity index (χ1v) is 9.99. The Kier molecular flexibility index (Phi) is 4.10. The molecule has 0 bridgehead atoms. The van der Waals surface area contributed by atoms with Gasteiger partial charge >= 0.3 is 0 Å². The summed E-state index contributed by atoms with van der Waals surface area (Å²) in [7, 11) is 0. The van der Waals surface area contributed by atoms with Crippen molar-refractivity contribution in [3.8, 4) is 12.1 Å². The molecular weight excluding hydrogens is 380 g/mol. The first-order valence-electron chi connectivity index (χ1n) is 9.99. The summed E-state index contributed by atoms with van der Waals surface area (Å²) in [4.78, 5) is 4.44. The molecular formula is C27H18N4. The van der Waals surface area contributed by atoms with E-state index in [1.807, 2.05) is 38.1 Å². The van der Waals surface area contributed by atoms with Crippen LogP contribution >= 0.6 is 0 Å². The third kappa shape index (κ3) is 2.63. The molecule has 0 saturated heterocycles. The molecule has 2 N–H and O–H groups in total. The molecule has 31 heavy (non-hydrogen) atoms. The minimum absolute atomic E-state index is 0.163. The number of pyridine rings is 1. The molecule has 1 heterocycles. The number of allylic oxidation sites excluding steroid dienone is 3. The maximum absolute atomic E-state index is 9.84. The van der Waals surface area contributed by atoms with Crippen LogP contribution in [0.5, 0.6) is 0 Å². The summed E-state index contributed by atoms with van der Waals surface area (Å²) < 4.78 is 0. The molecule has 5 rings (SSSR count). The highest BCUT2D eigenvalue weighted by atomic mass is 14.9. The SMILES string of the molecule is CC1=C(C#N)c2nc(N)c(C#N)c(C)c2/C1=C\c1c2ccccc2cc2ccccc12. The van der Waals surface area contributed by atoms with Gasteiger partial charge in [0.2, 0.25) is 0 Å². The highest BCUT2D eigenvalue weighted by Gasteiger charge is 2.29. The molecule has 1 aromatic heterocycles. The van der Waals surface area contributed by atoms with Crippen LogP contribution in [0.4, 0.5) is 5.82 Å². The molecule has 146 valence electrons. The number of aromatic nitrogens is 1. The van der Waals surface area contributed by atoms with Gasteiger partial charge in [-0.25, -0.2) is 4.98 Å². The molecule has 4 aromatic rings. The van der Waals surface area contributed by atoms with Crippen molar-refractivity contribution >= 4 is 44.6 Å². The van der Waals surface area contributed by atoms with E-state index in [2.05, 4.69) is 53.5 Å². The number of nitrogen functional groups attached to an aromatic ring is 1. The highest BCUT2D eigenvalue weighted by molar-refractivity contribution is 6.14. The van der Waals surface area contributed by atoms with E-state index in [0.717, 1.165) is 49.4 Å². The van der Waals surface area contributed by atoms with Crippen LogP contribution in [-0.2, 0) is 0 Å². The molecule has 1 aliphatic carbocycles. The van der Waals surface area contributed by atoms with Crippen molar-refractivity contribution in [2.75, 3.05) is 5.73 Å². The number of nitrogens with zero attached hydrogens (tertiary/aromatic N) is 3. The van der Waals surface area contributed by atoms with E-state index in [4.69, 9.17) is 5.73 Å². The standard InChI is InChI=1S/C27H18N4/c1-15-21(25-16(2)24(14-29)27(30)31-26(25)23(15)13-28)12-22-19-9-5-3-7-17(19)11-18-8-4-6-10-20(18)22/h3-12H,1-2H3,(H2,30,31)/b21-12-. The van der Waals surface area contributed by atoms with Crippen molar-refractivity contribution < 1.29 is 0 Å². The first kappa shape index (κ1) is 18.6. The molecule has 0 saturated carbocycles. The quantitative estimate of drug-likeness (QED) is 0.398. The van der Waals surface area contributed by atoms with Gasteiger partial charge < -0.3 is 5.73 Å². The minimum Gasteiger partial charge on any atom is -0.383 e. The maximum atomic E-state index is 9.84.